The Morgan fingerprint density at radius 2 is 2.30 bits per heavy atom. The largest absolute Gasteiger partial charge is 0.368 e. The molecular formula is C7H7BrN2. The third-order valence-electron chi connectivity index (χ3n) is 1.56. The molecule has 0 aromatic heterocycles. The van der Waals surface area contributed by atoms with Gasteiger partial charge in [0.25, 0.3) is 0 Å². The van der Waals surface area contributed by atoms with Crippen molar-refractivity contribution in [1.29, 1.82) is 0 Å². The molecular weight excluding hydrogens is 192 g/mol. The van der Waals surface area contributed by atoms with Crippen molar-refractivity contribution in [3.8, 4) is 0 Å². The van der Waals surface area contributed by atoms with E-state index in [0.29, 0.717) is 6.17 Å². The van der Waals surface area contributed by atoms with Crippen LogP contribution in [0.25, 0.3) is 0 Å². The Bertz CT molecular complexity index is 240. The lowest BCUT2D eigenvalue weighted by atomic mass is 10.2. The van der Waals surface area contributed by atoms with Crippen LogP contribution in [0.15, 0.2) is 34.6 Å². The molecule has 1 unspecified atom stereocenters. The van der Waals surface area contributed by atoms with E-state index >= 15 is 0 Å². The minimum Gasteiger partial charge on any atom is -0.368 e. The normalized spacial score (nSPS) is 27.9. The molecule has 0 bridgehead atoms. The van der Waals surface area contributed by atoms with Crippen molar-refractivity contribution < 1.29 is 0 Å². The summed E-state index contributed by atoms with van der Waals surface area (Å²) < 4.78 is 1.09. The molecule has 2 aliphatic rings. The maximum absolute atomic E-state index is 3.39. The van der Waals surface area contributed by atoms with Crippen molar-refractivity contribution >= 4 is 15.9 Å². The van der Waals surface area contributed by atoms with Gasteiger partial charge in [0.2, 0.25) is 0 Å². The van der Waals surface area contributed by atoms with Crippen LogP contribution in [0.4, 0.5) is 0 Å². The number of nitrogens with one attached hydrogen (secondary N) is 2. The number of allylic oxidation sites excluding steroid dienone is 2. The van der Waals surface area contributed by atoms with Crippen molar-refractivity contribution in [1.82, 2.24) is 10.6 Å². The van der Waals surface area contributed by atoms with Crippen molar-refractivity contribution in [2.75, 3.05) is 0 Å². The van der Waals surface area contributed by atoms with E-state index < -0.39 is 0 Å². The SMILES string of the molecule is BrC1=CNC2NC=CC2=C1. The molecule has 0 amide bonds. The van der Waals surface area contributed by atoms with E-state index in [1.54, 1.807) is 0 Å². The van der Waals surface area contributed by atoms with Gasteiger partial charge in [-0.2, -0.15) is 0 Å². The van der Waals surface area contributed by atoms with Gasteiger partial charge in [0.1, 0.15) is 6.17 Å². The molecule has 0 aliphatic carbocycles. The number of rotatable bonds is 0. The van der Waals surface area contributed by atoms with Crippen LogP contribution < -0.4 is 10.6 Å². The molecule has 2 aliphatic heterocycles. The minimum atomic E-state index is 0.293. The van der Waals surface area contributed by atoms with Gasteiger partial charge in [0, 0.05) is 10.7 Å². The fourth-order valence-electron chi connectivity index (χ4n) is 1.07. The van der Waals surface area contributed by atoms with Crippen molar-refractivity contribution in [3.63, 3.8) is 0 Å². The molecule has 2 nitrogen and oxygen atoms in total. The number of halogens is 1. The fourth-order valence-corrected chi connectivity index (χ4v) is 1.47. The lowest BCUT2D eigenvalue weighted by molar-refractivity contribution is 0.633. The number of dihydropyridines is 1. The highest BCUT2D eigenvalue weighted by Crippen LogP contribution is 2.19. The van der Waals surface area contributed by atoms with Crippen LogP contribution in [0, 0.1) is 0 Å². The van der Waals surface area contributed by atoms with Gasteiger partial charge < -0.3 is 10.6 Å². The minimum absolute atomic E-state index is 0.293. The smallest absolute Gasteiger partial charge is 0.122 e. The first-order valence-electron chi connectivity index (χ1n) is 3.12. The van der Waals surface area contributed by atoms with Gasteiger partial charge in [-0.3, -0.25) is 0 Å². The molecule has 0 aromatic rings. The third-order valence-corrected chi connectivity index (χ3v) is 2.02. The summed E-state index contributed by atoms with van der Waals surface area (Å²) in [6.07, 6.45) is 8.34. The van der Waals surface area contributed by atoms with E-state index in [1.807, 2.05) is 12.4 Å². The van der Waals surface area contributed by atoms with Crippen molar-refractivity contribution in [3.05, 3.63) is 34.6 Å². The summed E-state index contributed by atoms with van der Waals surface area (Å²) in [4.78, 5) is 0. The fraction of sp³-hybridized carbons (Fsp3) is 0.143. The highest BCUT2D eigenvalue weighted by atomic mass is 79.9. The van der Waals surface area contributed by atoms with E-state index in [-0.39, 0.29) is 0 Å². The Morgan fingerprint density at radius 1 is 1.40 bits per heavy atom. The molecule has 0 saturated heterocycles. The van der Waals surface area contributed by atoms with Crippen LogP contribution >= 0.6 is 15.9 Å². The highest BCUT2D eigenvalue weighted by molar-refractivity contribution is 9.11. The first kappa shape index (κ1) is 6.04. The molecule has 2 rings (SSSR count). The van der Waals surface area contributed by atoms with Gasteiger partial charge in [-0.15, -0.1) is 0 Å². The highest BCUT2D eigenvalue weighted by Gasteiger charge is 2.16. The first-order chi connectivity index (χ1) is 4.86. The zero-order valence-corrected chi connectivity index (χ0v) is 6.85. The van der Waals surface area contributed by atoms with Gasteiger partial charge in [0.05, 0.1) is 0 Å². The predicted octanol–water partition coefficient (Wildman–Crippen LogP) is 1.20. The number of hydrogen-bond acceptors (Lipinski definition) is 2. The second-order valence-corrected chi connectivity index (χ2v) is 3.19. The second kappa shape index (κ2) is 2.16. The molecule has 52 valence electrons. The summed E-state index contributed by atoms with van der Waals surface area (Å²) in [5.74, 6) is 0. The van der Waals surface area contributed by atoms with E-state index in [9.17, 15) is 0 Å². The summed E-state index contributed by atoms with van der Waals surface area (Å²) in [5.41, 5.74) is 1.27. The lowest BCUT2D eigenvalue weighted by Gasteiger charge is -2.17. The maximum atomic E-state index is 3.39. The molecule has 3 heteroatoms. The Kier molecular flexibility index (Phi) is 1.31. The first-order valence-corrected chi connectivity index (χ1v) is 3.91. The Hall–Kier alpha value is -0.700. The van der Waals surface area contributed by atoms with Crippen molar-refractivity contribution in [2.45, 2.75) is 6.17 Å². The number of fused-ring (bicyclic) bond motifs is 1. The van der Waals surface area contributed by atoms with E-state index in [4.69, 9.17) is 0 Å². The molecule has 2 heterocycles. The van der Waals surface area contributed by atoms with E-state index in [2.05, 4.69) is 38.7 Å². The summed E-state index contributed by atoms with van der Waals surface area (Å²) >= 11 is 3.39. The van der Waals surface area contributed by atoms with E-state index in [1.165, 1.54) is 5.57 Å². The second-order valence-electron chi connectivity index (χ2n) is 2.27. The van der Waals surface area contributed by atoms with Gasteiger partial charge in [-0.25, -0.2) is 0 Å². The molecule has 0 radical (unpaired) electrons. The van der Waals surface area contributed by atoms with Gasteiger partial charge in [-0.05, 0) is 39.9 Å². The van der Waals surface area contributed by atoms with E-state index in [0.717, 1.165) is 4.48 Å². The van der Waals surface area contributed by atoms with Crippen molar-refractivity contribution in [2.24, 2.45) is 0 Å². The summed E-state index contributed by atoms with van der Waals surface area (Å²) in [5, 5.41) is 6.33. The maximum Gasteiger partial charge on any atom is 0.122 e. The van der Waals surface area contributed by atoms with Crippen LogP contribution in [0.1, 0.15) is 0 Å². The van der Waals surface area contributed by atoms with Gasteiger partial charge in [0.15, 0.2) is 0 Å². The van der Waals surface area contributed by atoms with Crippen LogP contribution in [-0.4, -0.2) is 6.17 Å². The van der Waals surface area contributed by atoms with Crippen LogP contribution in [0.3, 0.4) is 0 Å². The Morgan fingerprint density at radius 3 is 3.20 bits per heavy atom. The van der Waals surface area contributed by atoms with Gasteiger partial charge >= 0.3 is 0 Å². The third kappa shape index (κ3) is 0.865. The molecule has 0 saturated carbocycles. The Balaban J connectivity index is 2.31. The Labute approximate surface area is 67.8 Å². The lowest BCUT2D eigenvalue weighted by Crippen LogP contribution is -2.35. The molecule has 0 fully saturated rings. The monoisotopic (exact) mass is 198 g/mol. The predicted molar refractivity (Wildman–Crippen MR) is 44.3 cm³/mol. The molecule has 1 atom stereocenters. The molecule has 10 heavy (non-hydrogen) atoms. The summed E-state index contributed by atoms with van der Waals surface area (Å²) in [7, 11) is 0. The quantitative estimate of drug-likeness (QED) is 0.612. The average Bonchev–Trinajstić information content (AvgIpc) is 2.33. The topological polar surface area (TPSA) is 24.1 Å². The van der Waals surface area contributed by atoms with Gasteiger partial charge in [-0.1, -0.05) is 0 Å². The van der Waals surface area contributed by atoms with Crippen LogP contribution in [0.2, 0.25) is 0 Å². The zero-order chi connectivity index (χ0) is 6.97. The molecule has 2 N–H and O–H groups in total. The summed E-state index contributed by atoms with van der Waals surface area (Å²) in [6.45, 7) is 0. The van der Waals surface area contributed by atoms with Crippen LogP contribution in [-0.2, 0) is 0 Å². The number of hydrogen-bond donors (Lipinski definition) is 2. The average molecular weight is 199 g/mol. The molecule has 0 aromatic carbocycles. The van der Waals surface area contributed by atoms with Crippen LogP contribution in [0.5, 0.6) is 0 Å². The zero-order valence-electron chi connectivity index (χ0n) is 5.26. The standard InChI is InChI=1S/C7H7BrN2/c8-6-3-5-1-2-9-7(5)10-4-6/h1-4,7,9-10H. The summed E-state index contributed by atoms with van der Waals surface area (Å²) in [6, 6.07) is 0. The molecule has 0 spiro atoms.